The maximum atomic E-state index is 12.8. The molecule has 8 nitrogen and oxygen atoms in total. The molecule has 138 valence electrons. The number of imide groups is 1. The highest BCUT2D eigenvalue weighted by atomic mass is 32.2. The van der Waals surface area contributed by atoms with Gasteiger partial charge in [0.2, 0.25) is 5.91 Å². The van der Waals surface area contributed by atoms with Gasteiger partial charge in [0.05, 0.1) is 29.3 Å². The number of ether oxygens (including phenoxy) is 1. The number of urea groups is 1. The fraction of sp³-hybridized carbons (Fsp3) is 0.412. The van der Waals surface area contributed by atoms with Crippen LogP contribution in [0.5, 0.6) is 0 Å². The third-order valence-corrected chi connectivity index (χ3v) is 5.18. The van der Waals surface area contributed by atoms with Gasteiger partial charge in [-0.05, 0) is 19.1 Å². The van der Waals surface area contributed by atoms with E-state index in [2.05, 4.69) is 10.3 Å². The van der Waals surface area contributed by atoms with E-state index in [9.17, 15) is 14.4 Å². The van der Waals surface area contributed by atoms with Crippen molar-refractivity contribution in [2.24, 2.45) is 0 Å². The van der Waals surface area contributed by atoms with Crippen molar-refractivity contribution in [1.29, 1.82) is 0 Å². The molecule has 0 aliphatic carbocycles. The fourth-order valence-electron chi connectivity index (χ4n) is 2.73. The Labute approximate surface area is 154 Å². The van der Waals surface area contributed by atoms with Crippen LogP contribution in [0, 0.1) is 0 Å². The summed E-state index contributed by atoms with van der Waals surface area (Å²) >= 11 is 1.17. The number of carbonyl (C=O) groups excluding carboxylic acids is 2. The summed E-state index contributed by atoms with van der Waals surface area (Å²) in [6, 6.07) is 6.71. The minimum Gasteiger partial charge on any atom is -0.383 e. The monoisotopic (exact) mass is 376 g/mol. The second kappa shape index (κ2) is 7.88. The summed E-state index contributed by atoms with van der Waals surface area (Å²) in [7, 11) is 1.56. The molecule has 1 aliphatic heterocycles. The highest BCUT2D eigenvalue weighted by molar-refractivity contribution is 8.00. The number of carbonyl (C=O) groups is 2. The third-order valence-electron chi connectivity index (χ3n) is 4.10. The first-order valence-electron chi connectivity index (χ1n) is 8.27. The fourth-order valence-corrected chi connectivity index (χ4v) is 3.72. The predicted octanol–water partition coefficient (Wildman–Crippen LogP) is 1.08. The standard InChI is InChI=1S/C17H20N4O4S/c1-11(14(22)20-8-7-18-16(20)24)26-17-19-13-6-4-3-5-12(13)15(23)21(17)9-10-25-2/h3-6,11H,7-10H2,1-2H3,(H,18,24)/t11-/m0/s1. The molecule has 1 N–H and O–H groups in total. The van der Waals surface area contributed by atoms with E-state index in [4.69, 9.17) is 4.74 Å². The zero-order valence-corrected chi connectivity index (χ0v) is 15.4. The largest absolute Gasteiger partial charge is 0.383 e. The summed E-state index contributed by atoms with van der Waals surface area (Å²) in [5.41, 5.74) is 0.404. The van der Waals surface area contributed by atoms with Crippen LogP contribution < -0.4 is 10.9 Å². The molecule has 1 aromatic carbocycles. The van der Waals surface area contributed by atoms with Crippen molar-refractivity contribution in [3.05, 3.63) is 34.6 Å². The highest BCUT2D eigenvalue weighted by Gasteiger charge is 2.31. The van der Waals surface area contributed by atoms with E-state index in [0.717, 1.165) is 0 Å². The number of methoxy groups -OCH3 is 1. The van der Waals surface area contributed by atoms with Crippen molar-refractivity contribution in [2.75, 3.05) is 26.8 Å². The zero-order chi connectivity index (χ0) is 18.7. The molecule has 3 amide bonds. The molecule has 2 aromatic rings. The van der Waals surface area contributed by atoms with Gasteiger partial charge in [-0.15, -0.1) is 0 Å². The van der Waals surface area contributed by atoms with E-state index in [1.165, 1.54) is 21.2 Å². The van der Waals surface area contributed by atoms with E-state index in [0.29, 0.717) is 42.3 Å². The van der Waals surface area contributed by atoms with Gasteiger partial charge in [0, 0.05) is 20.2 Å². The van der Waals surface area contributed by atoms with Crippen LogP contribution in [0.1, 0.15) is 6.92 Å². The predicted molar refractivity (Wildman–Crippen MR) is 98.3 cm³/mol. The maximum absolute atomic E-state index is 12.8. The van der Waals surface area contributed by atoms with Crippen LogP contribution in [-0.4, -0.2) is 58.4 Å². The minimum atomic E-state index is -0.555. The number of fused-ring (bicyclic) bond motifs is 1. The van der Waals surface area contributed by atoms with Crippen LogP contribution >= 0.6 is 11.8 Å². The summed E-state index contributed by atoms with van der Waals surface area (Å²) in [5.74, 6) is -0.300. The molecule has 0 saturated carbocycles. The van der Waals surface area contributed by atoms with Gasteiger partial charge < -0.3 is 10.1 Å². The molecule has 3 rings (SSSR count). The molecule has 0 radical (unpaired) electrons. The van der Waals surface area contributed by atoms with Crippen molar-refractivity contribution in [3.63, 3.8) is 0 Å². The molecule has 1 atom stereocenters. The van der Waals surface area contributed by atoms with E-state index >= 15 is 0 Å². The Balaban J connectivity index is 1.93. The average molecular weight is 376 g/mol. The zero-order valence-electron chi connectivity index (χ0n) is 14.6. The number of amides is 3. The Bertz CT molecular complexity index is 898. The topological polar surface area (TPSA) is 93.5 Å². The number of hydrogen-bond acceptors (Lipinski definition) is 6. The molecule has 2 heterocycles. The second-order valence-corrected chi connectivity index (χ2v) is 7.15. The first kappa shape index (κ1) is 18.4. The molecule has 0 unspecified atom stereocenters. The molecule has 1 aliphatic rings. The van der Waals surface area contributed by atoms with Crippen LogP contribution in [0.15, 0.2) is 34.2 Å². The average Bonchev–Trinajstić information content (AvgIpc) is 3.06. The van der Waals surface area contributed by atoms with Crippen molar-refractivity contribution in [3.8, 4) is 0 Å². The van der Waals surface area contributed by atoms with Crippen molar-refractivity contribution < 1.29 is 14.3 Å². The molecular formula is C17H20N4O4S. The quantitative estimate of drug-likeness (QED) is 0.599. The number of thioether (sulfide) groups is 1. The summed E-state index contributed by atoms with van der Waals surface area (Å²) in [5, 5.41) is 3.01. The molecule has 0 spiro atoms. The number of para-hydroxylation sites is 1. The molecule has 1 fully saturated rings. The van der Waals surface area contributed by atoms with Crippen molar-refractivity contribution in [2.45, 2.75) is 23.9 Å². The Hall–Kier alpha value is -2.39. The second-order valence-electron chi connectivity index (χ2n) is 5.84. The number of benzene rings is 1. The van der Waals surface area contributed by atoms with E-state index < -0.39 is 5.25 Å². The van der Waals surface area contributed by atoms with Crippen LogP contribution in [0.25, 0.3) is 10.9 Å². The number of aromatic nitrogens is 2. The van der Waals surface area contributed by atoms with Gasteiger partial charge in [0.15, 0.2) is 5.16 Å². The summed E-state index contributed by atoms with van der Waals surface area (Å²) in [6.07, 6.45) is 0. The molecule has 0 bridgehead atoms. The van der Waals surface area contributed by atoms with E-state index in [1.54, 1.807) is 32.2 Å². The van der Waals surface area contributed by atoms with E-state index in [-0.39, 0.29) is 17.5 Å². The van der Waals surface area contributed by atoms with Crippen LogP contribution in [0.2, 0.25) is 0 Å². The lowest BCUT2D eigenvalue weighted by atomic mass is 10.2. The molecule has 9 heteroatoms. The van der Waals surface area contributed by atoms with Crippen molar-refractivity contribution in [1.82, 2.24) is 19.8 Å². The Morgan fingerprint density at radius 2 is 2.15 bits per heavy atom. The number of nitrogens with zero attached hydrogens (tertiary/aromatic N) is 3. The van der Waals surface area contributed by atoms with Crippen molar-refractivity contribution >= 4 is 34.6 Å². The Kier molecular flexibility index (Phi) is 5.58. The van der Waals surface area contributed by atoms with Crippen LogP contribution in [-0.2, 0) is 16.1 Å². The summed E-state index contributed by atoms with van der Waals surface area (Å²) in [6.45, 7) is 3.20. The van der Waals surface area contributed by atoms with E-state index in [1.807, 2.05) is 6.07 Å². The van der Waals surface area contributed by atoms with Gasteiger partial charge in [0.1, 0.15) is 0 Å². The first-order chi connectivity index (χ1) is 12.5. The Morgan fingerprint density at radius 3 is 2.85 bits per heavy atom. The lowest BCUT2D eigenvalue weighted by molar-refractivity contribution is -0.126. The SMILES string of the molecule is COCCn1c(S[C@@H](C)C(=O)N2CCNC2=O)nc2ccccc2c1=O. The molecule has 26 heavy (non-hydrogen) atoms. The molecule has 1 aromatic heterocycles. The lowest BCUT2D eigenvalue weighted by Crippen LogP contribution is -2.39. The van der Waals surface area contributed by atoms with Gasteiger partial charge in [-0.1, -0.05) is 23.9 Å². The molecule has 1 saturated heterocycles. The first-order valence-corrected chi connectivity index (χ1v) is 9.15. The number of hydrogen-bond donors (Lipinski definition) is 1. The van der Waals surface area contributed by atoms with Gasteiger partial charge in [-0.2, -0.15) is 0 Å². The number of nitrogens with one attached hydrogen (secondary N) is 1. The smallest absolute Gasteiger partial charge is 0.324 e. The van der Waals surface area contributed by atoms with Gasteiger partial charge in [-0.3, -0.25) is 19.1 Å². The normalized spacial score (nSPS) is 15.3. The summed E-state index contributed by atoms with van der Waals surface area (Å²) < 4.78 is 6.61. The van der Waals surface area contributed by atoms with Gasteiger partial charge >= 0.3 is 6.03 Å². The van der Waals surface area contributed by atoms with Gasteiger partial charge in [0.25, 0.3) is 5.56 Å². The van der Waals surface area contributed by atoms with Gasteiger partial charge in [-0.25, -0.2) is 9.78 Å². The molecular weight excluding hydrogens is 356 g/mol. The lowest BCUT2D eigenvalue weighted by Gasteiger charge is -2.19. The highest BCUT2D eigenvalue weighted by Crippen LogP contribution is 2.24. The number of rotatable bonds is 6. The van der Waals surface area contributed by atoms with Crippen LogP contribution in [0.3, 0.4) is 0 Å². The minimum absolute atomic E-state index is 0.172. The maximum Gasteiger partial charge on any atom is 0.324 e. The summed E-state index contributed by atoms with van der Waals surface area (Å²) in [4.78, 5) is 42.8. The Morgan fingerprint density at radius 1 is 1.38 bits per heavy atom. The van der Waals surface area contributed by atoms with Crippen LogP contribution in [0.4, 0.5) is 4.79 Å². The third kappa shape index (κ3) is 3.58.